The second-order valence-electron chi connectivity index (χ2n) is 4.59. The monoisotopic (exact) mass is 594 g/mol. The average Bonchev–Trinajstić information content (AvgIpc) is 2.73. The third-order valence-electron chi connectivity index (χ3n) is 2.35. The van der Waals surface area contributed by atoms with Gasteiger partial charge in [-0.2, -0.15) is 11.8 Å². The first-order chi connectivity index (χ1) is 14.3. The number of rotatable bonds is 24. The summed E-state index contributed by atoms with van der Waals surface area (Å²) in [5.74, 6) is 2.60. The number of hydrogen-bond acceptors (Lipinski definition) is 14. The number of hydrogen-bond donors (Lipinski definition) is 1. The molecule has 0 bridgehead atoms. The molecule has 0 atom stereocenters. The molecule has 0 aliphatic rings. The van der Waals surface area contributed by atoms with Crippen LogP contribution >= 0.6 is 118 Å². The lowest BCUT2D eigenvalue weighted by Gasteiger charge is -2.05. The Labute approximate surface area is 218 Å². The van der Waals surface area contributed by atoms with Gasteiger partial charge in [0, 0.05) is 47.1 Å². The van der Waals surface area contributed by atoms with Gasteiger partial charge in [0.05, 0.1) is 24.9 Å². The minimum atomic E-state index is 0.174. The lowest BCUT2D eigenvalue weighted by atomic mass is 10.9. The lowest BCUT2D eigenvalue weighted by molar-refractivity contribution is -0.285. The predicted molar refractivity (Wildman–Crippen MR) is 155 cm³/mol. The first-order valence-corrected chi connectivity index (χ1v) is 20.0. The molecule has 0 spiro atoms. The van der Waals surface area contributed by atoms with Crippen LogP contribution in [0.25, 0.3) is 0 Å². The molecule has 14 heteroatoms. The Morgan fingerprint density at radius 2 is 1.21 bits per heavy atom. The van der Waals surface area contributed by atoms with E-state index in [1.807, 2.05) is 70.6 Å². The van der Waals surface area contributed by atoms with E-state index in [2.05, 4.69) is 6.26 Å². The normalized spacial score (nSPS) is 11.2. The van der Waals surface area contributed by atoms with E-state index in [0.29, 0.717) is 24.1 Å². The molecule has 0 amide bonds. The van der Waals surface area contributed by atoms with Crippen LogP contribution in [0, 0.1) is 0 Å². The van der Waals surface area contributed by atoms with Crippen LogP contribution in [-0.4, -0.2) is 88.5 Å². The number of aliphatic hydroxyl groups is 1. The van der Waals surface area contributed by atoms with Gasteiger partial charge < -0.3 is 5.11 Å². The molecule has 29 heavy (non-hydrogen) atoms. The summed E-state index contributed by atoms with van der Waals surface area (Å²) < 4.78 is 0. The summed E-state index contributed by atoms with van der Waals surface area (Å²) in [6.45, 7) is 1.19. The molecule has 0 aromatic carbocycles. The molecule has 0 rings (SSSR count). The molecule has 174 valence electrons. The molecule has 4 nitrogen and oxygen atoms in total. The van der Waals surface area contributed by atoms with E-state index in [9.17, 15) is 4.79 Å². The Hall–Kier alpha value is 3.05. The predicted octanol–water partition coefficient (Wildman–Crippen LogP) is 6.08. The van der Waals surface area contributed by atoms with Crippen molar-refractivity contribution >= 4 is 123 Å². The smallest absolute Gasteiger partial charge is 0.199 e. The molecule has 0 radical (unpaired) electrons. The van der Waals surface area contributed by atoms with Crippen LogP contribution in [0.15, 0.2) is 0 Å². The molecule has 0 heterocycles. The summed E-state index contributed by atoms with van der Waals surface area (Å²) in [6.07, 6.45) is 2.11. The molecular formula is C15H30O4S10. The number of carbonyl (C=O) groups excluding carboxylic acids is 1. The van der Waals surface area contributed by atoms with Crippen molar-refractivity contribution in [2.75, 3.05) is 78.3 Å². The van der Waals surface area contributed by atoms with Gasteiger partial charge in [-0.1, -0.05) is 11.8 Å². The van der Waals surface area contributed by atoms with Crippen molar-refractivity contribution in [2.45, 2.75) is 0 Å². The van der Waals surface area contributed by atoms with E-state index in [4.69, 9.17) is 14.9 Å². The summed E-state index contributed by atoms with van der Waals surface area (Å²) in [6, 6.07) is 0. The zero-order valence-electron chi connectivity index (χ0n) is 16.4. The van der Waals surface area contributed by atoms with Gasteiger partial charge in [-0.05, 0) is 6.26 Å². The maximum absolute atomic E-state index is 11.8. The first-order valence-electron chi connectivity index (χ1n) is 8.43. The van der Waals surface area contributed by atoms with E-state index in [0.717, 1.165) is 47.1 Å². The summed E-state index contributed by atoms with van der Waals surface area (Å²) in [4.78, 5) is 22.0. The maximum Gasteiger partial charge on any atom is 0.199 e. The SMILES string of the molecule is CSCSCSCSC(=O)CSCSCSCSCCOOCCSCSCO. The zero-order chi connectivity index (χ0) is 21.3. The summed E-state index contributed by atoms with van der Waals surface area (Å²) >= 11 is 17.6. The first kappa shape index (κ1) is 32.0. The van der Waals surface area contributed by atoms with Gasteiger partial charge in [0.15, 0.2) is 5.12 Å². The number of aliphatic hydroxyl groups excluding tert-OH is 1. The fraction of sp³-hybridized carbons (Fsp3) is 0.933. The van der Waals surface area contributed by atoms with Crippen LogP contribution in [0.3, 0.4) is 0 Å². The Kier molecular flexibility index (Phi) is 32.1. The molecule has 0 fully saturated rings. The van der Waals surface area contributed by atoms with Crippen LogP contribution in [0.4, 0.5) is 0 Å². The van der Waals surface area contributed by atoms with E-state index in [1.165, 1.54) is 23.5 Å². The Morgan fingerprint density at radius 3 is 1.83 bits per heavy atom. The second kappa shape index (κ2) is 29.1. The van der Waals surface area contributed by atoms with E-state index >= 15 is 0 Å². The summed E-state index contributed by atoms with van der Waals surface area (Å²) in [7, 11) is 0. The highest BCUT2D eigenvalue weighted by atomic mass is 32.3. The van der Waals surface area contributed by atoms with Crippen molar-refractivity contribution in [2.24, 2.45) is 0 Å². The van der Waals surface area contributed by atoms with Crippen LogP contribution in [0.1, 0.15) is 0 Å². The van der Waals surface area contributed by atoms with Gasteiger partial charge in [0.2, 0.25) is 0 Å². The van der Waals surface area contributed by atoms with Crippen molar-refractivity contribution in [3.8, 4) is 0 Å². The van der Waals surface area contributed by atoms with Crippen LogP contribution < -0.4 is 0 Å². The highest BCUT2D eigenvalue weighted by molar-refractivity contribution is 8.30. The Morgan fingerprint density at radius 1 is 0.690 bits per heavy atom. The molecule has 0 saturated carbocycles. The van der Waals surface area contributed by atoms with E-state index in [1.54, 1.807) is 23.5 Å². The highest BCUT2D eigenvalue weighted by Crippen LogP contribution is 2.24. The zero-order valence-corrected chi connectivity index (χ0v) is 24.6. The minimum absolute atomic E-state index is 0.174. The third kappa shape index (κ3) is 29.0. The van der Waals surface area contributed by atoms with Gasteiger partial charge in [-0.3, -0.25) is 4.79 Å². The van der Waals surface area contributed by atoms with Crippen LogP contribution in [0.2, 0.25) is 0 Å². The van der Waals surface area contributed by atoms with E-state index in [-0.39, 0.29) is 5.94 Å². The molecule has 0 aromatic rings. The molecule has 0 unspecified atom stereocenters. The van der Waals surface area contributed by atoms with Crippen LogP contribution in [-0.2, 0) is 14.6 Å². The molecule has 0 aromatic heterocycles. The summed E-state index contributed by atoms with van der Waals surface area (Å²) in [5.41, 5.74) is 0. The highest BCUT2D eigenvalue weighted by Gasteiger charge is 2.03. The third-order valence-corrected chi connectivity index (χ3v) is 14.0. The lowest BCUT2D eigenvalue weighted by Crippen LogP contribution is -2.02. The van der Waals surface area contributed by atoms with Crippen molar-refractivity contribution in [1.82, 2.24) is 0 Å². The molecule has 1 N–H and O–H groups in total. The number of carbonyl (C=O) groups is 1. The van der Waals surface area contributed by atoms with Crippen molar-refractivity contribution in [3.63, 3.8) is 0 Å². The molecule has 0 aliphatic heterocycles. The maximum atomic E-state index is 11.8. The van der Waals surface area contributed by atoms with Gasteiger partial charge in [0.1, 0.15) is 0 Å². The van der Waals surface area contributed by atoms with Crippen molar-refractivity contribution in [3.05, 3.63) is 0 Å². The van der Waals surface area contributed by atoms with Gasteiger partial charge in [0.25, 0.3) is 0 Å². The van der Waals surface area contributed by atoms with Gasteiger partial charge in [-0.15, -0.1) is 94.1 Å². The Balaban J connectivity index is 3.10. The minimum Gasteiger partial charge on any atom is -0.386 e. The van der Waals surface area contributed by atoms with Gasteiger partial charge in [-0.25, -0.2) is 9.78 Å². The number of thioether (sulfide) groups is 10. The standard InChI is InChI=1S/C15H30O4S10/c1-20-8-25-12-28-14-29-15(17)6-23-11-27-13-26-10-22-5-3-19-18-2-4-21-9-24-7-16/h16H,2-14H2,1H3. The second-order valence-corrected chi connectivity index (χ2v) is 17.1. The fourth-order valence-electron chi connectivity index (χ4n) is 1.25. The molecule has 0 aliphatic carbocycles. The van der Waals surface area contributed by atoms with Crippen LogP contribution in [0.5, 0.6) is 0 Å². The fourth-order valence-corrected chi connectivity index (χ4v) is 11.4. The largest absolute Gasteiger partial charge is 0.386 e. The molecule has 0 saturated heterocycles. The van der Waals surface area contributed by atoms with Crippen molar-refractivity contribution < 1.29 is 19.7 Å². The summed E-state index contributed by atoms with van der Waals surface area (Å²) in [5, 5.41) is 16.0. The topological polar surface area (TPSA) is 55.8 Å². The van der Waals surface area contributed by atoms with Gasteiger partial charge >= 0.3 is 0 Å². The van der Waals surface area contributed by atoms with E-state index < -0.39 is 0 Å². The quantitative estimate of drug-likeness (QED) is 0.0608. The molecular weight excluding hydrogens is 565 g/mol. The average molecular weight is 595 g/mol. The Bertz CT molecular complexity index is 344. The van der Waals surface area contributed by atoms with Crippen molar-refractivity contribution in [1.29, 1.82) is 0 Å².